The van der Waals surface area contributed by atoms with Crippen LogP contribution in [0, 0.1) is 0 Å². The molecular weight excluding hydrogens is 256 g/mol. The van der Waals surface area contributed by atoms with Gasteiger partial charge in [-0.3, -0.25) is 0 Å². The number of ether oxygens (including phenoxy) is 1. The summed E-state index contributed by atoms with van der Waals surface area (Å²) in [6, 6.07) is 0. The van der Waals surface area contributed by atoms with Gasteiger partial charge in [0.15, 0.2) is 0 Å². The highest BCUT2D eigenvalue weighted by Gasteiger charge is 2.19. The summed E-state index contributed by atoms with van der Waals surface area (Å²) in [6.45, 7) is 17.4. The highest BCUT2D eigenvalue weighted by Crippen LogP contribution is 2.20. The largest absolute Gasteiger partial charge is 0.367 e. The maximum atomic E-state index is 6.02. The molecule has 0 aliphatic rings. The Labute approximate surface area is 132 Å². The van der Waals surface area contributed by atoms with Gasteiger partial charge in [0.2, 0.25) is 0 Å². The van der Waals surface area contributed by atoms with E-state index in [9.17, 15) is 0 Å². The Morgan fingerprint density at radius 1 is 0.952 bits per heavy atom. The van der Waals surface area contributed by atoms with Crippen LogP contribution in [0.25, 0.3) is 0 Å². The first-order valence-electron chi connectivity index (χ1n) is 7.99. The summed E-state index contributed by atoms with van der Waals surface area (Å²) in [5, 5.41) is 0. The van der Waals surface area contributed by atoms with Crippen molar-refractivity contribution in [2.24, 2.45) is 0 Å². The lowest BCUT2D eigenvalue weighted by Crippen LogP contribution is -2.25. The fourth-order valence-corrected chi connectivity index (χ4v) is 1.95. The minimum atomic E-state index is -0.233. The molecule has 1 heteroatoms. The van der Waals surface area contributed by atoms with Crippen LogP contribution in [0.3, 0.4) is 0 Å². The van der Waals surface area contributed by atoms with Gasteiger partial charge in [0.05, 0.1) is 12.2 Å². The summed E-state index contributed by atoms with van der Waals surface area (Å²) in [5.74, 6) is 0. The molecule has 0 bridgehead atoms. The van der Waals surface area contributed by atoms with E-state index in [1.165, 1.54) is 16.7 Å². The Bertz CT molecular complexity index is 390. The van der Waals surface area contributed by atoms with E-state index in [1.807, 2.05) is 6.08 Å². The standard InChI is InChI=1S/C20H34O/c1-8-20(7,15-10-12-18(4)5)21-16-14-19(6)13-9-11-17(2)3/h8,11-12,14H,1,9-10,13,15-16H2,2-7H3. The highest BCUT2D eigenvalue weighted by atomic mass is 16.5. The zero-order chi connectivity index (χ0) is 16.3. The van der Waals surface area contributed by atoms with E-state index in [1.54, 1.807) is 0 Å². The van der Waals surface area contributed by atoms with Gasteiger partial charge >= 0.3 is 0 Å². The van der Waals surface area contributed by atoms with E-state index in [-0.39, 0.29) is 5.60 Å². The lowest BCUT2D eigenvalue weighted by Gasteiger charge is -2.25. The molecule has 0 aliphatic heterocycles. The van der Waals surface area contributed by atoms with Crippen molar-refractivity contribution in [1.82, 2.24) is 0 Å². The second-order valence-electron chi connectivity index (χ2n) is 6.52. The van der Waals surface area contributed by atoms with Crippen molar-refractivity contribution in [2.75, 3.05) is 6.61 Å². The van der Waals surface area contributed by atoms with Crippen LogP contribution >= 0.6 is 0 Å². The van der Waals surface area contributed by atoms with Crippen LogP contribution in [0.4, 0.5) is 0 Å². The molecule has 0 aliphatic carbocycles. The number of allylic oxidation sites excluding steroid dienone is 5. The second-order valence-corrected chi connectivity index (χ2v) is 6.52. The summed E-state index contributed by atoms with van der Waals surface area (Å²) in [4.78, 5) is 0. The first-order valence-corrected chi connectivity index (χ1v) is 7.99. The van der Waals surface area contributed by atoms with Crippen LogP contribution in [0.2, 0.25) is 0 Å². The zero-order valence-electron chi connectivity index (χ0n) is 15.0. The van der Waals surface area contributed by atoms with Crippen molar-refractivity contribution in [3.05, 3.63) is 47.6 Å². The third-order valence-corrected chi connectivity index (χ3v) is 3.56. The average molecular weight is 290 g/mol. The monoisotopic (exact) mass is 290 g/mol. The molecule has 1 unspecified atom stereocenters. The lowest BCUT2D eigenvalue weighted by molar-refractivity contribution is 0.0177. The SMILES string of the molecule is C=CC(C)(CCC=C(C)C)OCC=C(C)CCC=C(C)C. The van der Waals surface area contributed by atoms with Gasteiger partial charge in [0.25, 0.3) is 0 Å². The van der Waals surface area contributed by atoms with Gasteiger partial charge in [-0.2, -0.15) is 0 Å². The highest BCUT2D eigenvalue weighted by molar-refractivity contribution is 5.04. The molecule has 120 valence electrons. The first kappa shape index (κ1) is 19.9. The fourth-order valence-electron chi connectivity index (χ4n) is 1.95. The molecule has 0 heterocycles. The average Bonchev–Trinajstić information content (AvgIpc) is 2.37. The Balaban J connectivity index is 4.22. The van der Waals surface area contributed by atoms with Crippen molar-refractivity contribution in [2.45, 2.75) is 72.8 Å². The molecule has 0 saturated heterocycles. The summed E-state index contributed by atoms with van der Waals surface area (Å²) >= 11 is 0. The molecule has 1 atom stereocenters. The van der Waals surface area contributed by atoms with E-state index in [4.69, 9.17) is 4.74 Å². The third-order valence-electron chi connectivity index (χ3n) is 3.56. The number of hydrogen-bond donors (Lipinski definition) is 0. The maximum Gasteiger partial charge on any atom is 0.0839 e. The molecule has 0 aromatic rings. The minimum absolute atomic E-state index is 0.233. The quantitative estimate of drug-likeness (QED) is 0.424. The normalized spacial score (nSPS) is 14.3. The van der Waals surface area contributed by atoms with E-state index in [0.29, 0.717) is 6.61 Å². The second kappa shape index (κ2) is 10.6. The van der Waals surface area contributed by atoms with E-state index in [2.05, 4.69) is 66.3 Å². The van der Waals surface area contributed by atoms with Crippen molar-refractivity contribution < 1.29 is 4.74 Å². The molecule has 0 fully saturated rings. The van der Waals surface area contributed by atoms with Crippen molar-refractivity contribution in [3.8, 4) is 0 Å². The van der Waals surface area contributed by atoms with Crippen LogP contribution in [-0.4, -0.2) is 12.2 Å². The summed E-state index contributed by atoms with van der Waals surface area (Å²) < 4.78 is 6.02. The molecule has 0 saturated carbocycles. The van der Waals surface area contributed by atoms with Gasteiger partial charge in [0.1, 0.15) is 0 Å². The van der Waals surface area contributed by atoms with Crippen molar-refractivity contribution in [1.29, 1.82) is 0 Å². The van der Waals surface area contributed by atoms with Crippen LogP contribution in [0.15, 0.2) is 47.6 Å². The molecule has 0 rings (SSSR count). The first-order chi connectivity index (χ1) is 9.79. The lowest BCUT2D eigenvalue weighted by atomic mass is 9.99. The van der Waals surface area contributed by atoms with E-state index >= 15 is 0 Å². The minimum Gasteiger partial charge on any atom is -0.367 e. The van der Waals surface area contributed by atoms with E-state index < -0.39 is 0 Å². The van der Waals surface area contributed by atoms with Crippen molar-refractivity contribution >= 4 is 0 Å². The Kier molecular flexibility index (Phi) is 10.1. The van der Waals surface area contributed by atoms with Gasteiger partial charge in [0, 0.05) is 0 Å². The summed E-state index contributed by atoms with van der Waals surface area (Å²) in [6.07, 6.45) is 12.9. The Morgan fingerprint density at radius 3 is 2.05 bits per heavy atom. The third kappa shape index (κ3) is 11.3. The molecule has 0 spiro atoms. The van der Waals surface area contributed by atoms with Gasteiger partial charge in [-0.05, 0) is 67.2 Å². The predicted molar refractivity (Wildman–Crippen MR) is 95.6 cm³/mol. The smallest absolute Gasteiger partial charge is 0.0839 e. The summed E-state index contributed by atoms with van der Waals surface area (Å²) in [5.41, 5.74) is 3.90. The van der Waals surface area contributed by atoms with E-state index in [0.717, 1.165) is 25.7 Å². The van der Waals surface area contributed by atoms with Crippen LogP contribution in [0.5, 0.6) is 0 Å². The Hall–Kier alpha value is -1.08. The van der Waals surface area contributed by atoms with Crippen LogP contribution < -0.4 is 0 Å². The van der Waals surface area contributed by atoms with Gasteiger partial charge < -0.3 is 4.74 Å². The zero-order valence-corrected chi connectivity index (χ0v) is 15.0. The van der Waals surface area contributed by atoms with Gasteiger partial charge in [-0.15, -0.1) is 6.58 Å². The molecule has 0 aromatic heterocycles. The van der Waals surface area contributed by atoms with Gasteiger partial charge in [-0.25, -0.2) is 0 Å². The molecule has 0 N–H and O–H groups in total. The maximum absolute atomic E-state index is 6.02. The fraction of sp³-hybridized carbons (Fsp3) is 0.600. The number of rotatable bonds is 10. The van der Waals surface area contributed by atoms with Crippen molar-refractivity contribution in [3.63, 3.8) is 0 Å². The Morgan fingerprint density at radius 2 is 1.52 bits per heavy atom. The predicted octanol–water partition coefficient (Wildman–Crippen LogP) is 6.39. The molecule has 1 nitrogen and oxygen atoms in total. The summed E-state index contributed by atoms with van der Waals surface area (Å²) in [7, 11) is 0. The van der Waals surface area contributed by atoms with Crippen LogP contribution in [0.1, 0.15) is 67.2 Å². The number of hydrogen-bond acceptors (Lipinski definition) is 1. The molecule has 21 heavy (non-hydrogen) atoms. The van der Waals surface area contributed by atoms with Crippen LogP contribution in [-0.2, 0) is 4.74 Å². The van der Waals surface area contributed by atoms with Gasteiger partial charge in [-0.1, -0.05) is 41.0 Å². The molecule has 0 amide bonds. The molecule has 0 radical (unpaired) electrons. The topological polar surface area (TPSA) is 9.23 Å². The molecule has 0 aromatic carbocycles. The molecular formula is C20H34O.